The smallest absolute Gasteiger partial charge is 0.228 e. The van der Waals surface area contributed by atoms with Crippen LogP contribution in [0.15, 0.2) is 47.4 Å². The third kappa shape index (κ3) is 6.72. The van der Waals surface area contributed by atoms with Gasteiger partial charge in [-0.3, -0.25) is 9.69 Å². The van der Waals surface area contributed by atoms with Crippen molar-refractivity contribution in [3.63, 3.8) is 0 Å². The van der Waals surface area contributed by atoms with Crippen LogP contribution < -0.4 is 4.90 Å². The van der Waals surface area contributed by atoms with Crippen molar-refractivity contribution in [1.29, 1.82) is 0 Å². The minimum absolute atomic E-state index is 0.0535. The molecule has 0 saturated heterocycles. The molecular weight excluding hydrogens is 485 g/mol. The summed E-state index contributed by atoms with van der Waals surface area (Å²) in [6.07, 6.45) is 0.229. The molecule has 6 nitrogen and oxygen atoms in total. The van der Waals surface area contributed by atoms with Crippen molar-refractivity contribution in [3.05, 3.63) is 53.3 Å². The number of sulfone groups is 1. The van der Waals surface area contributed by atoms with Crippen LogP contribution in [0.5, 0.6) is 0 Å². The number of amides is 1. The second-order valence-corrected chi connectivity index (χ2v) is 11.1. The molecule has 0 N–H and O–H groups in total. The number of rotatable bonds is 11. The van der Waals surface area contributed by atoms with Gasteiger partial charge in [0.15, 0.2) is 15.0 Å². The number of carbonyl (C=O) groups is 1. The topological polar surface area (TPSA) is 70.6 Å². The summed E-state index contributed by atoms with van der Waals surface area (Å²) in [5.41, 5.74) is 0.763. The standard InChI is InChI=1S/C23H27ClFN3O3S2/c1-3-27(4-2)13-14-28(23-26-20-12-7-17(24)16-21(20)32-23)22(29)6-5-15-33(30,31)19-10-8-18(25)9-11-19/h7-12,16H,3-6,13-15H2,1-2H3. The Hall–Kier alpha value is -2.07. The van der Waals surface area contributed by atoms with E-state index in [0.717, 1.165) is 35.4 Å². The summed E-state index contributed by atoms with van der Waals surface area (Å²) in [6, 6.07) is 10.1. The van der Waals surface area contributed by atoms with Gasteiger partial charge in [-0.25, -0.2) is 17.8 Å². The summed E-state index contributed by atoms with van der Waals surface area (Å²) < 4.78 is 39.0. The number of benzene rings is 2. The van der Waals surface area contributed by atoms with Gasteiger partial charge in [-0.05, 0) is 62.0 Å². The van der Waals surface area contributed by atoms with Crippen LogP contribution in [0.3, 0.4) is 0 Å². The van der Waals surface area contributed by atoms with Crippen LogP contribution in [0.4, 0.5) is 9.52 Å². The van der Waals surface area contributed by atoms with Gasteiger partial charge < -0.3 is 4.90 Å². The highest BCUT2D eigenvalue weighted by atomic mass is 35.5. The molecule has 0 aliphatic rings. The predicted molar refractivity (Wildman–Crippen MR) is 132 cm³/mol. The number of likely N-dealkylation sites (N-methyl/N-ethyl adjacent to an activating group) is 1. The first-order valence-electron chi connectivity index (χ1n) is 10.8. The van der Waals surface area contributed by atoms with E-state index in [2.05, 4.69) is 23.7 Å². The highest BCUT2D eigenvalue weighted by Crippen LogP contribution is 2.31. The Morgan fingerprint density at radius 1 is 1.09 bits per heavy atom. The first kappa shape index (κ1) is 25.6. The molecule has 0 fully saturated rings. The number of hydrogen-bond donors (Lipinski definition) is 0. The van der Waals surface area contributed by atoms with Gasteiger partial charge >= 0.3 is 0 Å². The van der Waals surface area contributed by atoms with Crippen molar-refractivity contribution < 1.29 is 17.6 Å². The number of fused-ring (bicyclic) bond motifs is 1. The molecule has 1 amide bonds. The number of thiazole rings is 1. The second-order valence-electron chi connectivity index (χ2n) is 7.56. The second kappa shape index (κ2) is 11.4. The fourth-order valence-electron chi connectivity index (χ4n) is 3.42. The van der Waals surface area contributed by atoms with Crippen LogP contribution in [0.1, 0.15) is 26.7 Å². The van der Waals surface area contributed by atoms with Crippen LogP contribution in [0.2, 0.25) is 5.02 Å². The average Bonchev–Trinajstić information content (AvgIpc) is 3.19. The van der Waals surface area contributed by atoms with Gasteiger partial charge in [0.2, 0.25) is 5.91 Å². The number of aromatic nitrogens is 1. The maximum absolute atomic E-state index is 13.1. The van der Waals surface area contributed by atoms with Gasteiger partial charge in [0.05, 0.1) is 20.9 Å². The molecule has 1 aromatic heterocycles. The van der Waals surface area contributed by atoms with Crippen LogP contribution >= 0.6 is 22.9 Å². The van der Waals surface area contributed by atoms with E-state index in [1.165, 1.54) is 23.5 Å². The third-order valence-electron chi connectivity index (χ3n) is 5.38. The Morgan fingerprint density at radius 3 is 2.45 bits per heavy atom. The van der Waals surface area contributed by atoms with Crippen LogP contribution in [-0.2, 0) is 14.6 Å². The number of anilines is 1. The summed E-state index contributed by atoms with van der Waals surface area (Å²) in [7, 11) is -3.60. The summed E-state index contributed by atoms with van der Waals surface area (Å²) in [6.45, 7) is 7.00. The molecule has 1 heterocycles. The number of halogens is 2. The van der Waals surface area contributed by atoms with Crippen molar-refractivity contribution in [2.75, 3.05) is 36.8 Å². The average molecular weight is 512 g/mol. The molecule has 0 aliphatic heterocycles. The van der Waals surface area contributed by atoms with Crippen LogP contribution in [0, 0.1) is 5.82 Å². The van der Waals surface area contributed by atoms with Gasteiger partial charge in [0, 0.05) is 24.5 Å². The molecule has 2 aromatic carbocycles. The van der Waals surface area contributed by atoms with E-state index in [1.54, 1.807) is 11.0 Å². The lowest BCUT2D eigenvalue weighted by atomic mass is 10.3. The van der Waals surface area contributed by atoms with Gasteiger partial charge in [-0.15, -0.1) is 0 Å². The molecular formula is C23H27ClFN3O3S2. The maximum Gasteiger partial charge on any atom is 0.228 e. The molecule has 0 saturated carbocycles. The lowest BCUT2D eigenvalue weighted by molar-refractivity contribution is -0.118. The van der Waals surface area contributed by atoms with E-state index in [0.29, 0.717) is 23.2 Å². The highest BCUT2D eigenvalue weighted by molar-refractivity contribution is 7.91. The molecule has 0 atom stereocenters. The van der Waals surface area contributed by atoms with Crippen LogP contribution in [-0.4, -0.2) is 56.1 Å². The van der Waals surface area contributed by atoms with Crippen LogP contribution in [0.25, 0.3) is 10.2 Å². The van der Waals surface area contributed by atoms with E-state index in [-0.39, 0.29) is 29.4 Å². The normalized spacial score (nSPS) is 11.9. The zero-order chi connectivity index (χ0) is 24.0. The Balaban J connectivity index is 1.73. The minimum atomic E-state index is -3.60. The van der Waals surface area contributed by atoms with E-state index < -0.39 is 15.7 Å². The van der Waals surface area contributed by atoms with E-state index in [9.17, 15) is 17.6 Å². The molecule has 0 unspecified atom stereocenters. The fraction of sp³-hybridized carbons (Fsp3) is 0.391. The lowest BCUT2D eigenvalue weighted by Crippen LogP contribution is -2.38. The maximum atomic E-state index is 13.1. The monoisotopic (exact) mass is 511 g/mol. The van der Waals surface area contributed by atoms with E-state index in [4.69, 9.17) is 11.6 Å². The van der Waals surface area contributed by atoms with Gasteiger partial charge in [-0.1, -0.05) is 36.8 Å². The number of carbonyl (C=O) groups excluding carboxylic acids is 1. The predicted octanol–water partition coefficient (Wildman–Crippen LogP) is 5.02. The third-order valence-corrected chi connectivity index (χ3v) is 8.47. The van der Waals surface area contributed by atoms with Crippen molar-refractivity contribution >= 4 is 54.0 Å². The molecule has 0 spiro atoms. The zero-order valence-corrected chi connectivity index (χ0v) is 21.0. The van der Waals surface area contributed by atoms with E-state index in [1.807, 2.05) is 12.1 Å². The minimum Gasteiger partial charge on any atom is -0.302 e. The lowest BCUT2D eigenvalue weighted by Gasteiger charge is -2.24. The van der Waals surface area contributed by atoms with Crippen molar-refractivity contribution in [2.24, 2.45) is 0 Å². The van der Waals surface area contributed by atoms with E-state index >= 15 is 0 Å². The molecule has 3 rings (SSSR count). The first-order chi connectivity index (χ1) is 15.7. The summed E-state index contributed by atoms with van der Waals surface area (Å²) in [5, 5.41) is 1.18. The highest BCUT2D eigenvalue weighted by Gasteiger charge is 2.22. The molecule has 0 radical (unpaired) electrons. The first-order valence-corrected chi connectivity index (χ1v) is 13.6. The summed E-state index contributed by atoms with van der Waals surface area (Å²) >= 11 is 7.48. The van der Waals surface area contributed by atoms with Crippen molar-refractivity contribution in [3.8, 4) is 0 Å². The van der Waals surface area contributed by atoms with Crippen molar-refractivity contribution in [2.45, 2.75) is 31.6 Å². The Kier molecular flexibility index (Phi) is 8.81. The Bertz CT molecular complexity index is 1200. The largest absolute Gasteiger partial charge is 0.302 e. The van der Waals surface area contributed by atoms with Crippen molar-refractivity contribution in [1.82, 2.24) is 9.88 Å². The quantitative estimate of drug-likeness (QED) is 0.338. The van der Waals surface area contributed by atoms with Gasteiger partial charge in [0.1, 0.15) is 5.82 Å². The number of hydrogen-bond acceptors (Lipinski definition) is 6. The van der Waals surface area contributed by atoms with Gasteiger partial charge in [-0.2, -0.15) is 0 Å². The number of nitrogens with zero attached hydrogens (tertiary/aromatic N) is 3. The summed E-state index contributed by atoms with van der Waals surface area (Å²) in [5.74, 6) is -0.865. The SMILES string of the molecule is CCN(CC)CCN(C(=O)CCCS(=O)(=O)c1ccc(F)cc1)c1nc2ccc(Cl)cc2s1. The molecule has 178 valence electrons. The zero-order valence-electron chi connectivity index (χ0n) is 18.6. The molecule has 3 aromatic rings. The van der Waals surface area contributed by atoms with Gasteiger partial charge in [0.25, 0.3) is 0 Å². The fourth-order valence-corrected chi connectivity index (χ4v) is 6.01. The molecule has 33 heavy (non-hydrogen) atoms. The Morgan fingerprint density at radius 2 is 1.79 bits per heavy atom. The molecule has 0 bridgehead atoms. The Labute approximate surface area is 202 Å². The summed E-state index contributed by atoms with van der Waals surface area (Å²) in [4.78, 5) is 21.7. The molecule has 10 heteroatoms. The molecule has 0 aliphatic carbocycles.